The molecule has 0 saturated carbocycles. The van der Waals surface area contributed by atoms with Gasteiger partial charge in [-0.1, -0.05) is 15.9 Å². The molecule has 0 amide bonds. The maximum absolute atomic E-state index is 8.93. The van der Waals surface area contributed by atoms with Crippen LogP contribution in [0.4, 0.5) is 0 Å². The molecule has 1 heterocycles. The molecule has 2 aromatic rings. The predicted molar refractivity (Wildman–Crippen MR) is 63.2 cm³/mol. The van der Waals surface area contributed by atoms with E-state index in [2.05, 4.69) is 27.0 Å². The molecule has 0 N–H and O–H groups in total. The molecular formula is C12H7BrN2O. The summed E-state index contributed by atoms with van der Waals surface area (Å²) in [5.41, 5.74) is 0.493. The second-order valence-corrected chi connectivity index (χ2v) is 3.96. The Morgan fingerprint density at radius 1 is 1.31 bits per heavy atom. The second-order valence-electron chi connectivity index (χ2n) is 3.04. The van der Waals surface area contributed by atoms with Crippen molar-refractivity contribution >= 4 is 15.9 Å². The molecule has 0 fully saturated rings. The number of pyridine rings is 1. The van der Waals surface area contributed by atoms with Crippen LogP contribution in [0.3, 0.4) is 0 Å². The quantitative estimate of drug-likeness (QED) is 0.842. The van der Waals surface area contributed by atoms with Crippen LogP contribution in [0.5, 0.6) is 11.5 Å². The summed E-state index contributed by atoms with van der Waals surface area (Å²) in [5.74, 6) is 1.13. The molecule has 0 saturated heterocycles. The minimum atomic E-state index is 0.493. The Morgan fingerprint density at radius 3 is 2.88 bits per heavy atom. The Labute approximate surface area is 101 Å². The van der Waals surface area contributed by atoms with E-state index in [4.69, 9.17) is 10.00 Å². The zero-order valence-electron chi connectivity index (χ0n) is 8.22. The van der Waals surface area contributed by atoms with Crippen molar-refractivity contribution in [1.29, 1.82) is 5.26 Å². The average Bonchev–Trinajstić information content (AvgIpc) is 2.31. The summed E-state index contributed by atoms with van der Waals surface area (Å²) in [4.78, 5) is 3.94. The number of rotatable bonds is 2. The SMILES string of the molecule is N#Cc1ccc(Br)cc1Oc1cccnc1. The van der Waals surface area contributed by atoms with Gasteiger partial charge in [-0.2, -0.15) is 5.26 Å². The van der Waals surface area contributed by atoms with Gasteiger partial charge in [-0.15, -0.1) is 0 Å². The van der Waals surface area contributed by atoms with Crippen LogP contribution >= 0.6 is 15.9 Å². The van der Waals surface area contributed by atoms with Crippen molar-refractivity contribution in [2.24, 2.45) is 0 Å². The molecular weight excluding hydrogens is 268 g/mol. The summed E-state index contributed by atoms with van der Waals surface area (Å²) < 4.78 is 6.43. The van der Waals surface area contributed by atoms with Crippen molar-refractivity contribution in [2.45, 2.75) is 0 Å². The summed E-state index contributed by atoms with van der Waals surface area (Å²) in [6.45, 7) is 0. The van der Waals surface area contributed by atoms with Crippen LogP contribution in [-0.4, -0.2) is 4.98 Å². The normalized spacial score (nSPS) is 9.50. The molecule has 3 nitrogen and oxygen atoms in total. The Kier molecular flexibility index (Phi) is 3.18. The Morgan fingerprint density at radius 2 is 2.19 bits per heavy atom. The minimum absolute atomic E-state index is 0.493. The number of hydrogen-bond acceptors (Lipinski definition) is 3. The first kappa shape index (κ1) is 10.7. The zero-order valence-corrected chi connectivity index (χ0v) is 9.81. The molecule has 0 aliphatic heterocycles. The highest BCUT2D eigenvalue weighted by Crippen LogP contribution is 2.27. The Hall–Kier alpha value is -1.86. The molecule has 1 aromatic heterocycles. The smallest absolute Gasteiger partial charge is 0.146 e. The lowest BCUT2D eigenvalue weighted by Crippen LogP contribution is -1.88. The number of ether oxygens (including phenoxy) is 1. The third-order valence-electron chi connectivity index (χ3n) is 1.93. The first-order chi connectivity index (χ1) is 7.79. The van der Waals surface area contributed by atoms with Crippen molar-refractivity contribution < 1.29 is 4.74 Å². The maximum atomic E-state index is 8.93. The van der Waals surface area contributed by atoms with Gasteiger partial charge in [0.05, 0.1) is 11.8 Å². The van der Waals surface area contributed by atoms with Crippen LogP contribution in [0.15, 0.2) is 47.2 Å². The molecule has 2 rings (SSSR count). The van der Waals surface area contributed by atoms with Gasteiger partial charge in [0, 0.05) is 10.7 Å². The van der Waals surface area contributed by atoms with Gasteiger partial charge in [0.25, 0.3) is 0 Å². The fourth-order valence-electron chi connectivity index (χ4n) is 1.21. The molecule has 78 valence electrons. The first-order valence-corrected chi connectivity index (χ1v) is 5.36. The summed E-state index contributed by atoms with van der Waals surface area (Å²) in [7, 11) is 0. The monoisotopic (exact) mass is 274 g/mol. The summed E-state index contributed by atoms with van der Waals surface area (Å²) >= 11 is 3.33. The van der Waals surface area contributed by atoms with E-state index in [1.54, 1.807) is 42.7 Å². The molecule has 0 unspecified atom stereocenters. The topological polar surface area (TPSA) is 45.9 Å². The fraction of sp³-hybridized carbons (Fsp3) is 0. The van der Waals surface area contributed by atoms with Gasteiger partial charge in [0.15, 0.2) is 0 Å². The van der Waals surface area contributed by atoms with E-state index < -0.39 is 0 Å². The van der Waals surface area contributed by atoms with Gasteiger partial charge in [-0.05, 0) is 30.3 Å². The molecule has 0 spiro atoms. The molecule has 1 aromatic carbocycles. The molecule has 0 atom stereocenters. The van der Waals surface area contributed by atoms with Crippen LogP contribution < -0.4 is 4.74 Å². The van der Waals surface area contributed by atoms with Gasteiger partial charge in [-0.3, -0.25) is 4.98 Å². The van der Waals surface area contributed by atoms with Crippen LogP contribution in [0.1, 0.15) is 5.56 Å². The van der Waals surface area contributed by atoms with Crippen molar-refractivity contribution in [1.82, 2.24) is 4.98 Å². The summed E-state index contributed by atoms with van der Waals surface area (Å²) in [5, 5.41) is 8.93. The van der Waals surface area contributed by atoms with Crippen LogP contribution in [0.2, 0.25) is 0 Å². The third-order valence-corrected chi connectivity index (χ3v) is 2.42. The van der Waals surface area contributed by atoms with E-state index in [9.17, 15) is 0 Å². The van der Waals surface area contributed by atoms with Gasteiger partial charge in [-0.25, -0.2) is 0 Å². The number of halogens is 1. The molecule has 0 radical (unpaired) electrons. The lowest BCUT2D eigenvalue weighted by atomic mass is 10.2. The lowest BCUT2D eigenvalue weighted by molar-refractivity contribution is 0.478. The highest BCUT2D eigenvalue weighted by molar-refractivity contribution is 9.10. The first-order valence-electron chi connectivity index (χ1n) is 4.57. The molecule has 0 aliphatic rings. The van der Waals surface area contributed by atoms with Crippen LogP contribution in [0, 0.1) is 11.3 Å². The fourth-order valence-corrected chi connectivity index (χ4v) is 1.55. The Bertz CT molecular complexity index is 534. The average molecular weight is 275 g/mol. The highest BCUT2D eigenvalue weighted by Gasteiger charge is 2.05. The van der Waals surface area contributed by atoms with Gasteiger partial charge < -0.3 is 4.74 Å². The van der Waals surface area contributed by atoms with Gasteiger partial charge in [0.2, 0.25) is 0 Å². The number of nitriles is 1. The van der Waals surface area contributed by atoms with Crippen molar-refractivity contribution in [2.75, 3.05) is 0 Å². The molecule has 0 bridgehead atoms. The van der Waals surface area contributed by atoms with E-state index >= 15 is 0 Å². The van der Waals surface area contributed by atoms with E-state index in [1.807, 2.05) is 0 Å². The second kappa shape index (κ2) is 4.77. The van der Waals surface area contributed by atoms with Crippen molar-refractivity contribution in [3.8, 4) is 17.6 Å². The molecule has 16 heavy (non-hydrogen) atoms. The predicted octanol–water partition coefficient (Wildman–Crippen LogP) is 3.51. The third kappa shape index (κ3) is 2.38. The molecule has 4 heteroatoms. The highest BCUT2D eigenvalue weighted by atomic mass is 79.9. The van der Waals surface area contributed by atoms with Gasteiger partial charge in [0.1, 0.15) is 17.6 Å². The number of hydrogen-bond donors (Lipinski definition) is 0. The van der Waals surface area contributed by atoms with Crippen molar-refractivity contribution in [3.63, 3.8) is 0 Å². The standard InChI is InChI=1S/C12H7BrN2O/c13-10-4-3-9(7-14)12(6-10)16-11-2-1-5-15-8-11/h1-6,8H. The minimum Gasteiger partial charge on any atom is -0.454 e. The number of benzene rings is 1. The number of nitrogens with zero attached hydrogens (tertiary/aromatic N) is 2. The Balaban J connectivity index is 2.35. The zero-order chi connectivity index (χ0) is 11.4. The van der Waals surface area contributed by atoms with Gasteiger partial charge >= 0.3 is 0 Å². The van der Waals surface area contributed by atoms with E-state index in [1.165, 1.54) is 0 Å². The van der Waals surface area contributed by atoms with E-state index in [-0.39, 0.29) is 0 Å². The lowest BCUT2D eigenvalue weighted by Gasteiger charge is -2.06. The van der Waals surface area contributed by atoms with Crippen LogP contribution in [0.25, 0.3) is 0 Å². The summed E-state index contributed by atoms with van der Waals surface area (Å²) in [6.07, 6.45) is 3.26. The maximum Gasteiger partial charge on any atom is 0.146 e. The van der Waals surface area contributed by atoms with Crippen LogP contribution in [-0.2, 0) is 0 Å². The molecule has 0 aliphatic carbocycles. The summed E-state index contributed by atoms with van der Waals surface area (Å²) in [6, 6.07) is 10.9. The number of aromatic nitrogens is 1. The van der Waals surface area contributed by atoms with Crippen molar-refractivity contribution in [3.05, 3.63) is 52.8 Å². The van der Waals surface area contributed by atoms with E-state index in [0.29, 0.717) is 17.1 Å². The van der Waals surface area contributed by atoms with E-state index in [0.717, 1.165) is 4.47 Å². The largest absolute Gasteiger partial charge is 0.454 e.